The highest BCUT2D eigenvalue weighted by Gasteiger charge is 2.54. The van der Waals surface area contributed by atoms with Crippen LogP contribution in [0.4, 0.5) is 5.82 Å². The van der Waals surface area contributed by atoms with Gasteiger partial charge in [0.15, 0.2) is 0 Å². The molecule has 1 aliphatic carbocycles. The highest BCUT2D eigenvalue weighted by atomic mass is 16.5. The van der Waals surface area contributed by atoms with E-state index in [1.807, 2.05) is 18.6 Å². The molecular formula is C45H48N8O5. The first-order valence-corrected chi connectivity index (χ1v) is 20.6. The second-order valence-corrected chi connectivity index (χ2v) is 17.1. The molecule has 0 radical (unpaired) electrons. The van der Waals surface area contributed by atoms with Crippen molar-refractivity contribution in [3.8, 4) is 16.9 Å². The number of fused-ring (bicyclic) bond motifs is 4. The Morgan fingerprint density at radius 1 is 0.845 bits per heavy atom. The lowest BCUT2D eigenvalue weighted by molar-refractivity contribution is -0.136. The highest BCUT2D eigenvalue weighted by Crippen LogP contribution is 2.50. The number of rotatable bonds is 12. The number of carbonyl (C=O) groups excluding carboxylic acids is 4. The molecule has 2 aromatic carbocycles. The molecule has 4 aliphatic heterocycles. The van der Waals surface area contributed by atoms with Crippen LogP contribution in [0.25, 0.3) is 32.9 Å². The number of ether oxygens (including phenoxy) is 1. The lowest BCUT2D eigenvalue weighted by atomic mass is 9.60. The lowest BCUT2D eigenvalue weighted by Gasteiger charge is -2.62. The van der Waals surface area contributed by atoms with E-state index in [1.54, 1.807) is 18.2 Å². The van der Waals surface area contributed by atoms with Crippen LogP contribution in [0.5, 0.6) is 5.75 Å². The van der Waals surface area contributed by atoms with Gasteiger partial charge >= 0.3 is 0 Å². The third-order valence-electron chi connectivity index (χ3n) is 13.5. The summed E-state index contributed by atoms with van der Waals surface area (Å²) >= 11 is 0. The van der Waals surface area contributed by atoms with Gasteiger partial charge in [-0.25, -0.2) is 4.98 Å². The van der Waals surface area contributed by atoms with Crippen LogP contribution in [-0.4, -0.2) is 117 Å². The van der Waals surface area contributed by atoms with Gasteiger partial charge < -0.3 is 19.1 Å². The lowest BCUT2D eigenvalue weighted by Crippen LogP contribution is -2.69. The van der Waals surface area contributed by atoms with E-state index in [0.29, 0.717) is 29.9 Å². The van der Waals surface area contributed by atoms with Gasteiger partial charge in [-0.05, 0) is 106 Å². The number of pyridine rings is 2. The summed E-state index contributed by atoms with van der Waals surface area (Å²) in [7, 11) is 4.42. The third kappa shape index (κ3) is 6.31. The number of nitrogens with zero attached hydrogens (tertiary/aromatic N) is 7. The summed E-state index contributed by atoms with van der Waals surface area (Å²) < 4.78 is 8.19. The number of piperidine rings is 1. The van der Waals surface area contributed by atoms with E-state index in [2.05, 4.69) is 80.1 Å². The molecule has 13 nitrogen and oxygen atoms in total. The quantitative estimate of drug-likeness (QED) is 0.136. The van der Waals surface area contributed by atoms with Crippen LogP contribution in [0.2, 0.25) is 0 Å². The van der Waals surface area contributed by atoms with Gasteiger partial charge in [0.25, 0.3) is 11.8 Å². The summed E-state index contributed by atoms with van der Waals surface area (Å²) in [4.78, 5) is 67.7. The molecule has 1 unspecified atom stereocenters. The fraction of sp³-hybridized carbons (Fsp3) is 0.422. The van der Waals surface area contributed by atoms with Crippen LogP contribution in [0.3, 0.4) is 0 Å². The molecule has 0 bridgehead atoms. The van der Waals surface area contributed by atoms with Crippen molar-refractivity contribution in [3.63, 3.8) is 0 Å². The molecule has 4 fully saturated rings. The molecule has 298 valence electrons. The van der Waals surface area contributed by atoms with Gasteiger partial charge in [0.2, 0.25) is 11.8 Å². The van der Waals surface area contributed by atoms with E-state index in [-0.39, 0.29) is 24.0 Å². The standard InChI is InChI=1S/C45H48N8O5/c1-49(31-24-52(25-31)40-12-7-29(22-47-40)28-6-9-33-36-23-46-15-14-37(36)50(2)39(33)18-28)30-20-45(21-30)26-51(27-45)16-4-3-5-17-58-32-8-10-34-35(19-32)44(57)53(43(34)56)38-11-13-41(54)48-42(38)55/h6-10,12,14-15,18-19,22-23,30-31,38H,3-5,11,13,16-17,20-21,24-27H2,1-2H3,(H,48,54,55). The van der Waals surface area contributed by atoms with Crippen molar-refractivity contribution in [1.82, 2.24) is 34.6 Å². The smallest absolute Gasteiger partial charge is 0.262 e. The molecule has 5 aromatic rings. The second kappa shape index (κ2) is 14.3. The number of likely N-dealkylation sites (tertiary alicyclic amines) is 1. The van der Waals surface area contributed by atoms with E-state index in [4.69, 9.17) is 9.72 Å². The normalized spacial score (nSPS) is 20.8. The van der Waals surface area contributed by atoms with Crippen molar-refractivity contribution >= 4 is 51.3 Å². The van der Waals surface area contributed by atoms with Gasteiger partial charge in [-0.15, -0.1) is 0 Å². The summed E-state index contributed by atoms with van der Waals surface area (Å²) in [5, 5.41) is 4.62. The zero-order valence-corrected chi connectivity index (χ0v) is 33.0. The molecule has 5 aliphatic rings. The first kappa shape index (κ1) is 36.7. The number of hydrogen-bond donors (Lipinski definition) is 1. The number of amides is 4. The molecule has 1 spiro atoms. The number of hydrogen-bond acceptors (Lipinski definition) is 10. The van der Waals surface area contributed by atoms with Gasteiger partial charge in [-0.1, -0.05) is 12.1 Å². The monoisotopic (exact) mass is 780 g/mol. The number of anilines is 1. The Labute approximate surface area is 336 Å². The molecule has 10 rings (SSSR count). The number of unbranched alkanes of at least 4 members (excludes halogenated alkanes) is 2. The van der Waals surface area contributed by atoms with Crippen molar-refractivity contribution in [2.45, 2.75) is 63.1 Å². The Morgan fingerprint density at radius 3 is 2.45 bits per heavy atom. The number of imide groups is 2. The number of nitrogens with one attached hydrogen (secondary N) is 1. The zero-order chi connectivity index (χ0) is 39.7. The number of aromatic nitrogens is 3. The molecule has 3 saturated heterocycles. The first-order chi connectivity index (χ1) is 28.1. The average Bonchev–Trinajstić information content (AvgIpc) is 3.60. The van der Waals surface area contributed by atoms with Gasteiger partial charge in [0.1, 0.15) is 17.6 Å². The maximum Gasteiger partial charge on any atom is 0.262 e. The minimum Gasteiger partial charge on any atom is -0.494 e. The summed E-state index contributed by atoms with van der Waals surface area (Å²) in [6.07, 6.45) is 11.7. The van der Waals surface area contributed by atoms with Crippen LogP contribution >= 0.6 is 0 Å². The molecule has 13 heteroatoms. The van der Waals surface area contributed by atoms with E-state index < -0.39 is 29.7 Å². The van der Waals surface area contributed by atoms with E-state index in [0.717, 1.165) is 55.2 Å². The summed E-state index contributed by atoms with van der Waals surface area (Å²) in [5.41, 5.74) is 5.67. The molecule has 1 N–H and O–H groups in total. The number of aryl methyl sites for hydroxylation is 1. The first-order valence-electron chi connectivity index (χ1n) is 20.6. The third-order valence-corrected chi connectivity index (χ3v) is 13.5. The molecule has 1 saturated carbocycles. The predicted octanol–water partition coefficient (Wildman–Crippen LogP) is 5.02. The number of benzene rings is 2. The van der Waals surface area contributed by atoms with Crippen LogP contribution < -0.4 is 15.0 Å². The van der Waals surface area contributed by atoms with Crippen LogP contribution in [0.15, 0.2) is 73.2 Å². The highest BCUT2D eigenvalue weighted by molar-refractivity contribution is 6.23. The molecule has 4 amide bonds. The van der Waals surface area contributed by atoms with Gasteiger partial charge in [-0.3, -0.25) is 39.3 Å². The predicted molar refractivity (Wildman–Crippen MR) is 220 cm³/mol. The molecule has 1 atom stereocenters. The molecule has 3 aromatic heterocycles. The van der Waals surface area contributed by atoms with E-state index in [9.17, 15) is 19.2 Å². The summed E-state index contributed by atoms with van der Waals surface area (Å²) in [6.45, 7) is 6.06. The van der Waals surface area contributed by atoms with Crippen LogP contribution in [-0.2, 0) is 16.6 Å². The largest absolute Gasteiger partial charge is 0.494 e. The van der Waals surface area contributed by atoms with E-state index >= 15 is 0 Å². The fourth-order valence-corrected chi connectivity index (χ4v) is 10.1. The van der Waals surface area contributed by atoms with Crippen molar-refractivity contribution in [3.05, 3.63) is 84.3 Å². The maximum atomic E-state index is 13.1. The Kier molecular flexibility index (Phi) is 9.05. The van der Waals surface area contributed by atoms with Gasteiger partial charge in [0.05, 0.1) is 23.3 Å². The van der Waals surface area contributed by atoms with Crippen LogP contribution in [0, 0.1) is 5.41 Å². The Morgan fingerprint density at radius 2 is 1.66 bits per heavy atom. The summed E-state index contributed by atoms with van der Waals surface area (Å²) in [5.74, 6) is -0.451. The van der Waals surface area contributed by atoms with Gasteiger partial charge in [-0.2, -0.15) is 0 Å². The molecular weight excluding hydrogens is 733 g/mol. The van der Waals surface area contributed by atoms with Crippen molar-refractivity contribution < 1.29 is 23.9 Å². The molecule has 7 heterocycles. The Hall–Kier alpha value is -5.66. The van der Waals surface area contributed by atoms with Crippen LogP contribution in [0.1, 0.15) is 65.7 Å². The topological polar surface area (TPSA) is 133 Å². The Bertz CT molecular complexity index is 2460. The SMILES string of the molecule is CN(C1CN(c2ccc(-c3ccc4c5cnccc5n(C)c4c3)cn2)C1)C1CC2(C1)CN(CCCCCOc1ccc3c(c1)C(=O)N(C1CCC(=O)NC1=O)C3=O)C2. The average molecular weight is 781 g/mol. The van der Waals surface area contributed by atoms with Crippen molar-refractivity contribution in [2.24, 2.45) is 12.5 Å². The fourth-order valence-electron chi connectivity index (χ4n) is 10.1. The number of carbonyl (C=O) groups is 4. The summed E-state index contributed by atoms with van der Waals surface area (Å²) in [6, 6.07) is 18.2. The van der Waals surface area contributed by atoms with Gasteiger partial charge in [0, 0.05) is 92.2 Å². The Balaban J connectivity index is 0.621. The second-order valence-electron chi connectivity index (χ2n) is 17.1. The minimum atomic E-state index is -0.973. The van der Waals surface area contributed by atoms with E-state index in [1.165, 1.54) is 53.3 Å². The van der Waals surface area contributed by atoms with Crippen molar-refractivity contribution in [1.29, 1.82) is 0 Å². The minimum absolute atomic E-state index is 0.0940. The van der Waals surface area contributed by atoms with Crippen molar-refractivity contribution in [2.75, 3.05) is 51.3 Å². The zero-order valence-electron chi connectivity index (χ0n) is 33.0. The maximum absolute atomic E-state index is 13.1. The molecule has 58 heavy (non-hydrogen) atoms. The number of likely N-dealkylation sites (N-methyl/N-ethyl adjacent to an activating group) is 1.